The first-order valence-electron chi connectivity index (χ1n) is 8.18. The van der Waals surface area contributed by atoms with Gasteiger partial charge in [-0.15, -0.1) is 11.8 Å². The predicted octanol–water partition coefficient (Wildman–Crippen LogP) is 1.86. The van der Waals surface area contributed by atoms with Crippen LogP contribution in [0.1, 0.15) is 12.1 Å². The highest BCUT2D eigenvalue weighted by molar-refractivity contribution is 8.00. The van der Waals surface area contributed by atoms with Crippen molar-refractivity contribution in [2.24, 2.45) is 7.05 Å². The summed E-state index contributed by atoms with van der Waals surface area (Å²) in [6.45, 7) is 3.11. The normalized spacial score (nSPS) is 16.9. The van der Waals surface area contributed by atoms with Crippen molar-refractivity contribution in [2.45, 2.75) is 24.3 Å². The fourth-order valence-electron chi connectivity index (χ4n) is 2.72. The first-order valence-corrected chi connectivity index (χ1v) is 9.16. The summed E-state index contributed by atoms with van der Waals surface area (Å²) in [6, 6.07) is 7.14. The Labute approximate surface area is 150 Å². The summed E-state index contributed by atoms with van der Waals surface area (Å²) in [5.41, 5.74) is 0.761. The summed E-state index contributed by atoms with van der Waals surface area (Å²) < 4.78 is 7.49. The Balaban J connectivity index is 1.53. The number of ether oxygens (including phenoxy) is 1. The molecule has 0 aliphatic carbocycles. The van der Waals surface area contributed by atoms with Gasteiger partial charge in [-0.25, -0.2) is 0 Å². The Bertz CT molecular complexity index is 807. The van der Waals surface area contributed by atoms with Gasteiger partial charge in [0.1, 0.15) is 11.9 Å². The fourth-order valence-corrected chi connectivity index (χ4v) is 3.51. The molecule has 1 fully saturated rings. The first kappa shape index (κ1) is 17.5. The Hall–Kier alpha value is -2.28. The monoisotopic (exact) mass is 359 g/mol. The molecule has 0 saturated carbocycles. The van der Waals surface area contributed by atoms with Crippen LogP contribution in [0.4, 0.5) is 0 Å². The fraction of sp³-hybridized carbons (Fsp3) is 0.389. The smallest absolute Gasteiger partial charge is 0.254 e. The largest absolute Gasteiger partial charge is 0.488 e. The summed E-state index contributed by atoms with van der Waals surface area (Å²) in [4.78, 5) is 31.0. The molecule has 0 aromatic carbocycles. The molecule has 0 spiro atoms. The molecule has 0 bridgehead atoms. The van der Waals surface area contributed by atoms with Gasteiger partial charge in [-0.1, -0.05) is 0 Å². The maximum Gasteiger partial charge on any atom is 0.254 e. The minimum atomic E-state index is -0.0883. The molecule has 3 heterocycles. The first-order chi connectivity index (χ1) is 12.0. The summed E-state index contributed by atoms with van der Waals surface area (Å²) in [5.74, 6) is 1.08. The molecule has 1 saturated heterocycles. The molecule has 6 nitrogen and oxygen atoms in total. The van der Waals surface area contributed by atoms with E-state index in [4.69, 9.17) is 4.74 Å². The van der Waals surface area contributed by atoms with Crippen LogP contribution in [-0.2, 0) is 11.8 Å². The lowest BCUT2D eigenvalue weighted by Crippen LogP contribution is -2.32. The Morgan fingerprint density at radius 3 is 2.84 bits per heavy atom. The highest BCUT2D eigenvalue weighted by Gasteiger charge is 2.27. The van der Waals surface area contributed by atoms with Crippen molar-refractivity contribution >= 4 is 17.7 Å². The minimum Gasteiger partial charge on any atom is -0.488 e. The molecule has 25 heavy (non-hydrogen) atoms. The zero-order valence-electron chi connectivity index (χ0n) is 14.3. The van der Waals surface area contributed by atoms with Gasteiger partial charge in [0.15, 0.2) is 0 Å². The van der Waals surface area contributed by atoms with E-state index < -0.39 is 0 Å². The maximum absolute atomic E-state index is 12.4. The van der Waals surface area contributed by atoms with Crippen LogP contribution in [0.25, 0.3) is 0 Å². The molecule has 0 N–H and O–H groups in total. The van der Waals surface area contributed by atoms with Gasteiger partial charge in [-0.05, 0) is 25.1 Å². The number of nitrogens with zero attached hydrogens (tertiary/aromatic N) is 3. The molecule has 1 unspecified atom stereocenters. The third kappa shape index (κ3) is 4.42. The average molecular weight is 359 g/mol. The maximum atomic E-state index is 12.4. The molecule has 7 heteroatoms. The molecule has 132 valence electrons. The molecule has 1 atom stereocenters. The zero-order valence-corrected chi connectivity index (χ0v) is 15.2. The average Bonchev–Trinajstić information content (AvgIpc) is 3.07. The van der Waals surface area contributed by atoms with Crippen molar-refractivity contribution in [3.05, 3.63) is 52.7 Å². The van der Waals surface area contributed by atoms with Crippen LogP contribution in [0.15, 0.2) is 46.3 Å². The highest BCUT2D eigenvalue weighted by Crippen LogP contribution is 2.21. The standard InChI is InChI=1S/C18H21N3O3S/c1-13-9-15(10-17(22)20(13)2)24-14-5-8-21(11-14)18(23)12-25-16-3-6-19-7-4-16/h3-4,6-7,9-10,14H,5,8,11-12H2,1-2H3. The molecular formula is C18H21N3O3S. The number of thioether (sulfide) groups is 1. The molecule has 1 aliphatic heterocycles. The van der Waals surface area contributed by atoms with Crippen LogP contribution in [0, 0.1) is 6.92 Å². The van der Waals surface area contributed by atoms with Gasteiger partial charge in [0, 0.05) is 49.1 Å². The molecule has 3 rings (SSSR count). The van der Waals surface area contributed by atoms with Crippen LogP contribution in [-0.4, -0.2) is 45.3 Å². The number of rotatable bonds is 5. The minimum absolute atomic E-state index is 0.0682. The third-order valence-electron chi connectivity index (χ3n) is 4.29. The SMILES string of the molecule is Cc1cc(OC2CCN(C(=O)CSc3ccncc3)C2)cc(=O)n1C. The summed E-state index contributed by atoms with van der Waals surface area (Å²) in [5, 5.41) is 0. The summed E-state index contributed by atoms with van der Waals surface area (Å²) in [7, 11) is 1.73. The van der Waals surface area contributed by atoms with E-state index in [9.17, 15) is 9.59 Å². The number of carbonyl (C=O) groups is 1. The highest BCUT2D eigenvalue weighted by atomic mass is 32.2. The molecule has 1 amide bonds. The van der Waals surface area contributed by atoms with Crippen LogP contribution >= 0.6 is 11.8 Å². The molecule has 1 aliphatic rings. The third-order valence-corrected chi connectivity index (χ3v) is 5.29. The van der Waals surface area contributed by atoms with E-state index in [2.05, 4.69) is 4.98 Å². The number of amides is 1. The Kier molecular flexibility index (Phi) is 5.43. The Morgan fingerprint density at radius 1 is 1.36 bits per heavy atom. The van der Waals surface area contributed by atoms with Gasteiger partial charge < -0.3 is 14.2 Å². The van der Waals surface area contributed by atoms with E-state index in [1.165, 1.54) is 17.8 Å². The van der Waals surface area contributed by atoms with Crippen molar-refractivity contribution in [1.82, 2.24) is 14.5 Å². The van der Waals surface area contributed by atoms with Crippen LogP contribution in [0.2, 0.25) is 0 Å². The zero-order chi connectivity index (χ0) is 17.8. The van der Waals surface area contributed by atoms with Crippen LogP contribution in [0.3, 0.4) is 0 Å². The molecule has 0 radical (unpaired) electrons. The lowest BCUT2D eigenvalue weighted by atomic mass is 10.3. The summed E-state index contributed by atoms with van der Waals surface area (Å²) >= 11 is 1.51. The molecule has 2 aromatic heterocycles. The van der Waals surface area contributed by atoms with Gasteiger partial charge in [-0.2, -0.15) is 0 Å². The number of likely N-dealkylation sites (tertiary alicyclic amines) is 1. The van der Waals surface area contributed by atoms with E-state index in [-0.39, 0.29) is 17.6 Å². The van der Waals surface area contributed by atoms with Gasteiger partial charge in [0.2, 0.25) is 5.91 Å². The van der Waals surface area contributed by atoms with E-state index in [0.717, 1.165) is 17.0 Å². The predicted molar refractivity (Wildman–Crippen MR) is 97.0 cm³/mol. The van der Waals surface area contributed by atoms with Gasteiger partial charge >= 0.3 is 0 Å². The van der Waals surface area contributed by atoms with Crippen LogP contribution < -0.4 is 10.3 Å². The number of aryl methyl sites for hydroxylation is 1. The van der Waals surface area contributed by atoms with Crippen molar-refractivity contribution in [3.63, 3.8) is 0 Å². The second-order valence-electron chi connectivity index (χ2n) is 6.07. The van der Waals surface area contributed by atoms with Crippen molar-refractivity contribution < 1.29 is 9.53 Å². The lowest BCUT2D eigenvalue weighted by Gasteiger charge is -2.17. The number of hydrogen-bond acceptors (Lipinski definition) is 5. The summed E-state index contributed by atoms with van der Waals surface area (Å²) in [6.07, 6.45) is 4.15. The number of pyridine rings is 2. The van der Waals surface area contributed by atoms with Crippen LogP contribution in [0.5, 0.6) is 5.75 Å². The van der Waals surface area contributed by atoms with Crippen molar-refractivity contribution in [3.8, 4) is 5.75 Å². The lowest BCUT2D eigenvalue weighted by molar-refractivity contribution is -0.127. The van der Waals surface area contributed by atoms with Gasteiger partial charge in [0.05, 0.1) is 12.3 Å². The number of hydrogen-bond donors (Lipinski definition) is 0. The quantitative estimate of drug-likeness (QED) is 0.763. The second-order valence-corrected chi connectivity index (χ2v) is 7.12. The van der Waals surface area contributed by atoms with E-state index in [1.807, 2.05) is 30.0 Å². The number of carbonyl (C=O) groups excluding carboxylic acids is 1. The second kappa shape index (κ2) is 7.74. The van der Waals surface area contributed by atoms with E-state index in [0.29, 0.717) is 24.6 Å². The number of aromatic nitrogens is 2. The molecular weight excluding hydrogens is 338 g/mol. The van der Waals surface area contributed by atoms with Gasteiger partial charge in [0.25, 0.3) is 5.56 Å². The molecule has 2 aromatic rings. The topological polar surface area (TPSA) is 64.4 Å². The van der Waals surface area contributed by atoms with Crippen molar-refractivity contribution in [1.29, 1.82) is 0 Å². The van der Waals surface area contributed by atoms with Crippen molar-refractivity contribution in [2.75, 3.05) is 18.8 Å². The van der Waals surface area contributed by atoms with Gasteiger partial charge in [-0.3, -0.25) is 14.6 Å². The Morgan fingerprint density at radius 2 is 2.12 bits per heavy atom. The van der Waals surface area contributed by atoms with E-state index >= 15 is 0 Å². The van der Waals surface area contributed by atoms with E-state index in [1.54, 1.807) is 24.0 Å².